The minimum absolute atomic E-state index is 0.161. The molecule has 0 saturated heterocycles. The molecule has 0 aromatic carbocycles. The van der Waals surface area contributed by atoms with Crippen LogP contribution in [0.1, 0.15) is 46.0 Å². The summed E-state index contributed by atoms with van der Waals surface area (Å²) in [6, 6.07) is 3.93. The standard InChI is InChI=1S/C23H28N8O2/c1-14(2)23(5,17-6-7-18(25-11-17)15-8-26-21(24)27-9-15)20-29-19(33-30-20)16-10-28-31(12-16)13-22(3,4)32/h6-12,14,32H,13H2,1-5H3,(H2,24,26,27)/t23-/m0/s1. The molecule has 33 heavy (non-hydrogen) atoms. The molecule has 1 atom stereocenters. The average molecular weight is 449 g/mol. The van der Waals surface area contributed by atoms with E-state index in [1.54, 1.807) is 43.3 Å². The van der Waals surface area contributed by atoms with Crippen molar-refractivity contribution in [3.05, 3.63) is 54.5 Å². The molecule has 3 N–H and O–H groups in total. The quantitative estimate of drug-likeness (QED) is 0.436. The van der Waals surface area contributed by atoms with Gasteiger partial charge >= 0.3 is 0 Å². The number of nitrogen functional groups attached to an aromatic ring is 1. The number of hydrogen-bond donors (Lipinski definition) is 2. The van der Waals surface area contributed by atoms with Crippen LogP contribution in [0, 0.1) is 5.92 Å². The van der Waals surface area contributed by atoms with Gasteiger partial charge in [0.05, 0.1) is 35.0 Å². The Bertz CT molecular complexity index is 1220. The third kappa shape index (κ3) is 4.61. The maximum atomic E-state index is 10.0. The topological polar surface area (TPSA) is 142 Å². The van der Waals surface area contributed by atoms with Crippen LogP contribution in [-0.2, 0) is 12.0 Å². The Morgan fingerprint density at radius 1 is 1.03 bits per heavy atom. The second-order valence-electron chi connectivity index (χ2n) is 9.28. The molecule has 4 aromatic rings. The molecule has 172 valence electrons. The molecular weight excluding hydrogens is 420 g/mol. The second-order valence-corrected chi connectivity index (χ2v) is 9.28. The van der Waals surface area contributed by atoms with E-state index < -0.39 is 11.0 Å². The maximum Gasteiger partial charge on any atom is 0.261 e. The van der Waals surface area contributed by atoms with Gasteiger partial charge in [0, 0.05) is 30.4 Å². The van der Waals surface area contributed by atoms with Gasteiger partial charge in [-0.15, -0.1) is 0 Å². The summed E-state index contributed by atoms with van der Waals surface area (Å²) in [6.07, 6.45) is 8.56. The van der Waals surface area contributed by atoms with E-state index in [1.165, 1.54) is 0 Å². The van der Waals surface area contributed by atoms with Gasteiger partial charge in [-0.1, -0.05) is 25.1 Å². The Balaban J connectivity index is 1.63. The van der Waals surface area contributed by atoms with E-state index in [4.69, 9.17) is 15.2 Å². The maximum absolute atomic E-state index is 10.0. The third-order valence-corrected chi connectivity index (χ3v) is 5.81. The molecular formula is C23H28N8O2. The number of nitrogens with two attached hydrogens (primary N) is 1. The zero-order valence-corrected chi connectivity index (χ0v) is 19.4. The number of rotatable bonds is 7. The van der Waals surface area contributed by atoms with E-state index in [1.807, 2.05) is 18.3 Å². The number of anilines is 1. The van der Waals surface area contributed by atoms with Crippen molar-refractivity contribution in [2.75, 3.05) is 5.73 Å². The molecule has 0 radical (unpaired) electrons. The fraction of sp³-hybridized carbons (Fsp3) is 0.391. The Morgan fingerprint density at radius 2 is 1.76 bits per heavy atom. The minimum atomic E-state index is -0.878. The fourth-order valence-electron chi connectivity index (χ4n) is 3.57. The Hall–Kier alpha value is -3.66. The van der Waals surface area contributed by atoms with Gasteiger partial charge in [-0.05, 0) is 38.3 Å². The van der Waals surface area contributed by atoms with Crippen LogP contribution in [-0.4, -0.2) is 45.6 Å². The third-order valence-electron chi connectivity index (χ3n) is 5.81. The number of aliphatic hydroxyl groups is 1. The van der Waals surface area contributed by atoms with Crippen molar-refractivity contribution < 1.29 is 9.63 Å². The van der Waals surface area contributed by atoms with Crippen molar-refractivity contribution >= 4 is 5.95 Å². The largest absolute Gasteiger partial charge is 0.389 e. The molecule has 4 rings (SSSR count). The van der Waals surface area contributed by atoms with Crippen LogP contribution in [0.15, 0.2) is 47.6 Å². The van der Waals surface area contributed by atoms with E-state index in [0.717, 1.165) is 16.8 Å². The molecule has 0 fully saturated rings. The highest BCUT2D eigenvalue weighted by atomic mass is 16.5. The van der Waals surface area contributed by atoms with Crippen molar-refractivity contribution in [1.29, 1.82) is 0 Å². The second kappa shape index (κ2) is 8.36. The summed E-state index contributed by atoms with van der Waals surface area (Å²) in [5, 5.41) is 18.6. The predicted molar refractivity (Wildman–Crippen MR) is 123 cm³/mol. The summed E-state index contributed by atoms with van der Waals surface area (Å²) in [5.74, 6) is 1.32. The van der Waals surface area contributed by atoms with Crippen LogP contribution in [0.3, 0.4) is 0 Å². The lowest BCUT2D eigenvalue weighted by Gasteiger charge is -2.30. The monoisotopic (exact) mass is 448 g/mol. The first-order valence-corrected chi connectivity index (χ1v) is 10.7. The fourth-order valence-corrected chi connectivity index (χ4v) is 3.57. The normalized spacial score (nSPS) is 13.9. The Labute approximate surface area is 191 Å². The van der Waals surface area contributed by atoms with Crippen LogP contribution in [0.25, 0.3) is 22.7 Å². The van der Waals surface area contributed by atoms with E-state index in [0.29, 0.717) is 23.8 Å². The lowest BCUT2D eigenvalue weighted by molar-refractivity contribution is 0.0577. The van der Waals surface area contributed by atoms with Crippen molar-refractivity contribution in [1.82, 2.24) is 34.9 Å². The summed E-state index contributed by atoms with van der Waals surface area (Å²) in [5.41, 5.74) is 7.35. The van der Waals surface area contributed by atoms with Gasteiger partial charge in [-0.3, -0.25) is 9.67 Å². The molecule has 4 aromatic heterocycles. The highest BCUT2D eigenvalue weighted by Gasteiger charge is 2.38. The van der Waals surface area contributed by atoms with Gasteiger partial charge in [0.2, 0.25) is 5.95 Å². The first-order chi connectivity index (χ1) is 15.6. The van der Waals surface area contributed by atoms with Gasteiger partial charge < -0.3 is 15.4 Å². The number of pyridine rings is 1. The van der Waals surface area contributed by atoms with E-state index in [-0.39, 0.29) is 11.9 Å². The summed E-state index contributed by atoms with van der Waals surface area (Å²) < 4.78 is 7.25. The number of nitrogens with zero attached hydrogens (tertiary/aromatic N) is 7. The van der Waals surface area contributed by atoms with Gasteiger partial charge in [0.25, 0.3) is 5.89 Å². The molecule has 0 bridgehead atoms. The van der Waals surface area contributed by atoms with E-state index >= 15 is 0 Å². The molecule has 0 aliphatic carbocycles. The van der Waals surface area contributed by atoms with Gasteiger partial charge in [0.1, 0.15) is 0 Å². The van der Waals surface area contributed by atoms with E-state index in [9.17, 15) is 5.11 Å². The first-order valence-electron chi connectivity index (χ1n) is 10.7. The lowest BCUT2D eigenvalue weighted by atomic mass is 9.73. The summed E-state index contributed by atoms with van der Waals surface area (Å²) in [7, 11) is 0. The molecule has 10 heteroatoms. The Kier molecular flexibility index (Phi) is 5.71. The summed E-state index contributed by atoms with van der Waals surface area (Å²) in [6.45, 7) is 10.1. The van der Waals surface area contributed by atoms with Crippen LogP contribution in [0.5, 0.6) is 0 Å². The van der Waals surface area contributed by atoms with Gasteiger partial charge in [0.15, 0.2) is 5.82 Å². The van der Waals surface area contributed by atoms with Crippen molar-refractivity contribution in [2.45, 2.75) is 52.2 Å². The molecule has 0 unspecified atom stereocenters. The molecule has 0 amide bonds. The van der Waals surface area contributed by atoms with Crippen LogP contribution < -0.4 is 5.73 Å². The van der Waals surface area contributed by atoms with Crippen molar-refractivity contribution in [2.24, 2.45) is 5.92 Å². The Morgan fingerprint density at radius 3 is 2.36 bits per heavy atom. The average Bonchev–Trinajstić information content (AvgIpc) is 3.42. The molecule has 0 saturated carbocycles. The lowest BCUT2D eigenvalue weighted by Crippen LogP contribution is -2.31. The summed E-state index contributed by atoms with van der Waals surface area (Å²) in [4.78, 5) is 17.4. The van der Waals surface area contributed by atoms with Crippen LogP contribution >= 0.6 is 0 Å². The van der Waals surface area contributed by atoms with Crippen molar-refractivity contribution in [3.63, 3.8) is 0 Å². The molecule has 10 nitrogen and oxygen atoms in total. The molecule has 0 aliphatic rings. The van der Waals surface area contributed by atoms with Gasteiger partial charge in [-0.25, -0.2) is 9.97 Å². The molecule has 4 heterocycles. The molecule has 0 spiro atoms. The predicted octanol–water partition coefficient (Wildman–Crippen LogP) is 3.10. The van der Waals surface area contributed by atoms with Crippen LogP contribution in [0.4, 0.5) is 5.95 Å². The summed E-state index contributed by atoms with van der Waals surface area (Å²) >= 11 is 0. The zero-order valence-electron chi connectivity index (χ0n) is 19.4. The number of aromatic nitrogens is 7. The van der Waals surface area contributed by atoms with E-state index in [2.05, 4.69) is 46.0 Å². The number of hydrogen-bond acceptors (Lipinski definition) is 9. The van der Waals surface area contributed by atoms with Crippen LogP contribution in [0.2, 0.25) is 0 Å². The molecule has 0 aliphatic heterocycles. The highest BCUT2D eigenvalue weighted by Crippen LogP contribution is 2.38. The SMILES string of the molecule is CC(C)[C@@](C)(c1ccc(-c2cnc(N)nc2)nc1)c1noc(-c2cnn(CC(C)(C)O)c2)n1. The minimum Gasteiger partial charge on any atom is -0.389 e. The first kappa shape index (κ1) is 22.5. The zero-order chi connectivity index (χ0) is 23.8. The highest BCUT2D eigenvalue weighted by molar-refractivity contribution is 5.58. The van der Waals surface area contributed by atoms with Crippen molar-refractivity contribution in [3.8, 4) is 22.7 Å². The van der Waals surface area contributed by atoms with Gasteiger partial charge in [-0.2, -0.15) is 10.1 Å². The smallest absolute Gasteiger partial charge is 0.261 e.